The van der Waals surface area contributed by atoms with Crippen molar-refractivity contribution in [3.8, 4) is 0 Å². The van der Waals surface area contributed by atoms with Gasteiger partial charge in [0.2, 0.25) is 0 Å². The highest BCUT2D eigenvalue weighted by atomic mass is 35.5. The van der Waals surface area contributed by atoms with Crippen LogP contribution in [-0.2, 0) is 0 Å². The van der Waals surface area contributed by atoms with E-state index in [4.69, 9.17) is 11.6 Å². The molecule has 1 unspecified atom stereocenters. The number of halogens is 2. The zero-order valence-corrected chi connectivity index (χ0v) is 16.9. The molecule has 0 aliphatic heterocycles. The Morgan fingerprint density at radius 1 is 1.24 bits per heavy atom. The number of carbonyl (C=O) groups is 1. The molecule has 1 aromatic heterocycles. The molecule has 2 saturated carbocycles. The molecule has 1 heterocycles. The Hall–Kier alpha value is -2.40. The van der Waals surface area contributed by atoms with Gasteiger partial charge in [0.25, 0.3) is 5.91 Å². The van der Waals surface area contributed by atoms with E-state index in [1.165, 1.54) is 6.07 Å². The van der Waals surface area contributed by atoms with Crippen LogP contribution in [-0.4, -0.2) is 21.7 Å². The molecule has 2 aromatic carbocycles. The monoisotopic (exact) mass is 411 g/mol. The van der Waals surface area contributed by atoms with Crippen molar-refractivity contribution in [3.05, 3.63) is 65.1 Å². The predicted molar refractivity (Wildman–Crippen MR) is 111 cm³/mol. The first kappa shape index (κ1) is 18.6. The summed E-state index contributed by atoms with van der Waals surface area (Å²) in [6.07, 6.45) is 4.81. The van der Waals surface area contributed by atoms with E-state index in [1.54, 1.807) is 36.4 Å². The average molecular weight is 412 g/mol. The third-order valence-electron chi connectivity index (χ3n) is 6.72. The van der Waals surface area contributed by atoms with E-state index in [9.17, 15) is 9.18 Å². The summed E-state index contributed by atoms with van der Waals surface area (Å²) in [4.78, 5) is 12.6. The zero-order chi connectivity index (χ0) is 20.1. The summed E-state index contributed by atoms with van der Waals surface area (Å²) >= 11 is 5.92. The molecule has 1 amide bonds. The van der Waals surface area contributed by atoms with Crippen molar-refractivity contribution in [3.63, 3.8) is 0 Å². The van der Waals surface area contributed by atoms with Crippen LogP contribution in [0.2, 0.25) is 5.02 Å². The van der Waals surface area contributed by atoms with Crippen molar-refractivity contribution in [1.29, 1.82) is 0 Å². The van der Waals surface area contributed by atoms with Gasteiger partial charge in [0, 0.05) is 22.0 Å². The quantitative estimate of drug-likeness (QED) is 0.624. The van der Waals surface area contributed by atoms with Gasteiger partial charge in [-0.2, -0.15) is 5.10 Å². The molecule has 2 aliphatic rings. The molecule has 2 aliphatic carbocycles. The van der Waals surface area contributed by atoms with Gasteiger partial charge in [-0.15, -0.1) is 0 Å². The molecule has 4 nitrogen and oxygen atoms in total. The van der Waals surface area contributed by atoms with E-state index in [0.717, 1.165) is 30.2 Å². The second-order valence-electron chi connectivity index (χ2n) is 8.32. The fraction of sp³-hybridized carbons (Fsp3) is 0.391. The molecule has 29 heavy (non-hydrogen) atoms. The normalized spacial score (nSPS) is 26.3. The van der Waals surface area contributed by atoms with Crippen LogP contribution >= 0.6 is 11.6 Å². The second kappa shape index (κ2) is 7.13. The third-order valence-corrected chi connectivity index (χ3v) is 6.97. The number of benzene rings is 2. The fourth-order valence-corrected chi connectivity index (χ4v) is 5.41. The van der Waals surface area contributed by atoms with E-state index in [1.807, 2.05) is 10.9 Å². The Bertz CT molecular complexity index is 1050. The van der Waals surface area contributed by atoms with Crippen LogP contribution in [0.4, 0.5) is 4.39 Å². The minimum atomic E-state index is -0.226. The number of fused-ring (bicyclic) bond motifs is 2. The van der Waals surface area contributed by atoms with Gasteiger partial charge in [-0.25, -0.2) is 4.39 Å². The summed E-state index contributed by atoms with van der Waals surface area (Å²) in [7, 11) is 0. The standard InChI is InChI=1S/C23H23ClFN3O/c1-2-20(27-23(29)13-3-6-15(24)7-4-13)22-18-10-17(11-19(18)22)28-21-9-16(25)8-5-14(21)12-26-28/h3-9,12,17-20,22H,2,10-11H2,1H3,(H,27,29)/t17-,18-,19+,20?,22+. The Balaban J connectivity index is 1.25. The van der Waals surface area contributed by atoms with Gasteiger partial charge in [0.1, 0.15) is 5.82 Å². The minimum Gasteiger partial charge on any atom is -0.349 e. The molecule has 0 spiro atoms. The predicted octanol–water partition coefficient (Wildman–Crippen LogP) is 5.23. The van der Waals surface area contributed by atoms with E-state index in [-0.39, 0.29) is 17.8 Å². The maximum absolute atomic E-state index is 13.7. The van der Waals surface area contributed by atoms with E-state index >= 15 is 0 Å². The number of amides is 1. The molecule has 5 rings (SSSR count). The molecular weight excluding hydrogens is 389 g/mol. The third kappa shape index (κ3) is 3.31. The lowest BCUT2D eigenvalue weighted by Gasteiger charge is -2.22. The Kier molecular flexibility index (Phi) is 4.58. The average Bonchev–Trinajstić information content (AvgIpc) is 3.06. The summed E-state index contributed by atoms with van der Waals surface area (Å²) in [6.45, 7) is 2.13. The summed E-state index contributed by atoms with van der Waals surface area (Å²) in [5.41, 5.74) is 1.51. The lowest BCUT2D eigenvalue weighted by Crippen LogP contribution is -2.37. The minimum absolute atomic E-state index is 0.0383. The summed E-state index contributed by atoms with van der Waals surface area (Å²) in [6, 6.07) is 12.3. The van der Waals surface area contributed by atoms with Crippen LogP contribution in [0.3, 0.4) is 0 Å². The molecule has 6 heteroatoms. The van der Waals surface area contributed by atoms with Gasteiger partial charge < -0.3 is 5.32 Å². The summed E-state index contributed by atoms with van der Waals surface area (Å²) < 4.78 is 15.7. The molecule has 150 valence electrons. The molecule has 0 bridgehead atoms. The van der Waals surface area contributed by atoms with Crippen LogP contribution in [0.1, 0.15) is 42.6 Å². The Morgan fingerprint density at radius 3 is 2.66 bits per heavy atom. The largest absolute Gasteiger partial charge is 0.349 e. The van der Waals surface area contributed by atoms with Crippen LogP contribution in [0.15, 0.2) is 48.7 Å². The SMILES string of the molecule is CCC(NC(=O)c1ccc(Cl)cc1)[C@H]1[C@@H]2C[C@@H](n3ncc4ccc(F)cc43)C[C@@H]21. The lowest BCUT2D eigenvalue weighted by atomic mass is 9.99. The highest BCUT2D eigenvalue weighted by molar-refractivity contribution is 6.30. The van der Waals surface area contributed by atoms with Crippen LogP contribution in [0.5, 0.6) is 0 Å². The van der Waals surface area contributed by atoms with E-state index in [2.05, 4.69) is 17.3 Å². The molecule has 5 atom stereocenters. The van der Waals surface area contributed by atoms with Crippen molar-refractivity contribution in [2.24, 2.45) is 17.8 Å². The van der Waals surface area contributed by atoms with Crippen molar-refractivity contribution >= 4 is 28.4 Å². The first-order valence-corrected chi connectivity index (χ1v) is 10.6. The smallest absolute Gasteiger partial charge is 0.251 e. The number of carbonyl (C=O) groups excluding carboxylic acids is 1. The summed E-state index contributed by atoms with van der Waals surface area (Å²) in [5, 5.41) is 9.36. The molecular formula is C23H23ClFN3O. The first-order valence-electron chi connectivity index (χ1n) is 10.2. The molecule has 2 fully saturated rings. The number of rotatable bonds is 5. The first-order chi connectivity index (χ1) is 14.0. The maximum Gasteiger partial charge on any atom is 0.251 e. The van der Waals surface area contributed by atoms with E-state index < -0.39 is 0 Å². The van der Waals surface area contributed by atoms with Gasteiger partial charge in [0.05, 0.1) is 17.8 Å². The number of aromatic nitrogens is 2. The van der Waals surface area contributed by atoms with E-state index in [0.29, 0.717) is 34.4 Å². The van der Waals surface area contributed by atoms with Crippen molar-refractivity contribution in [1.82, 2.24) is 15.1 Å². The number of nitrogens with one attached hydrogen (secondary N) is 1. The Morgan fingerprint density at radius 2 is 1.97 bits per heavy atom. The highest BCUT2D eigenvalue weighted by Gasteiger charge is 2.59. The van der Waals surface area contributed by atoms with Crippen molar-refractivity contribution in [2.75, 3.05) is 0 Å². The van der Waals surface area contributed by atoms with Crippen molar-refractivity contribution in [2.45, 2.75) is 38.3 Å². The van der Waals surface area contributed by atoms with Crippen molar-refractivity contribution < 1.29 is 9.18 Å². The highest BCUT2D eigenvalue weighted by Crippen LogP contribution is 2.62. The van der Waals surface area contributed by atoms with Crippen LogP contribution in [0.25, 0.3) is 10.9 Å². The molecule has 1 N–H and O–H groups in total. The zero-order valence-electron chi connectivity index (χ0n) is 16.2. The number of nitrogens with zero attached hydrogens (tertiary/aromatic N) is 2. The maximum atomic E-state index is 13.7. The molecule has 0 saturated heterocycles. The van der Waals surface area contributed by atoms with Gasteiger partial charge in [-0.1, -0.05) is 18.5 Å². The van der Waals surface area contributed by atoms with Gasteiger partial charge in [-0.05, 0) is 79.5 Å². The molecule has 0 radical (unpaired) electrons. The Labute approximate surface area is 174 Å². The van der Waals surface area contributed by atoms with Gasteiger partial charge >= 0.3 is 0 Å². The topological polar surface area (TPSA) is 46.9 Å². The fourth-order valence-electron chi connectivity index (χ4n) is 5.28. The van der Waals surface area contributed by atoms with Gasteiger partial charge in [0.15, 0.2) is 0 Å². The second-order valence-corrected chi connectivity index (χ2v) is 8.75. The number of hydrogen-bond acceptors (Lipinski definition) is 2. The molecule has 3 aromatic rings. The summed E-state index contributed by atoms with van der Waals surface area (Å²) in [5.74, 6) is 1.46. The van der Waals surface area contributed by atoms with Gasteiger partial charge in [-0.3, -0.25) is 9.48 Å². The lowest BCUT2D eigenvalue weighted by molar-refractivity contribution is 0.0927. The van der Waals surface area contributed by atoms with Crippen LogP contribution < -0.4 is 5.32 Å². The number of hydrogen-bond donors (Lipinski definition) is 1. The van der Waals surface area contributed by atoms with Crippen LogP contribution in [0, 0.1) is 23.6 Å².